The first kappa shape index (κ1) is 76.1. The minimum atomic E-state index is -3.89. The van der Waals surface area contributed by atoms with E-state index in [0.717, 1.165) is 119 Å². The molecule has 2 heterocycles. The van der Waals surface area contributed by atoms with Gasteiger partial charge in [0, 0.05) is 59.2 Å². The van der Waals surface area contributed by atoms with Crippen LogP contribution in [0.3, 0.4) is 0 Å². The number of hydrogen-bond acceptors (Lipinski definition) is 8. The van der Waals surface area contributed by atoms with Crippen molar-refractivity contribution in [2.24, 2.45) is 0 Å². The molecule has 0 unspecified atom stereocenters. The smallest absolute Gasteiger partial charge is 0.265 e. The van der Waals surface area contributed by atoms with Crippen LogP contribution in [-0.4, -0.2) is 75.3 Å². The van der Waals surface area contributed by atoms with Gasteiger partial charge in [0.25, 0.3) is 23.6 Å². The number of nitrogens with zero attached hydrogens (tertiary/aromatic N) is 4. The van der Waals surface area contributed by atoms with E-state index < -0.39 is 43.7 Å². The standard InChI is InChI=1S/C84H116N4O8S2/c1-5-9-13-17-21-25-29-33-37-41-61-85(62-42-38-34-30-26-22-18-14-10-6-2)97(93,94)67-49-45-65(46-50-67)87-81(89)73-57-53-69-71-55-59-75-80-76(60-56-72(78(71)80)70-54-58-74(82(87)90)79(73)77(69)70)84(92)88(83(75)91)66-47-51-68(52-48-66)98(95,96)86(63-43-39-35-31-27-23-19-15-11-7-3)64-44-40-36-32-28-24-20-16-12-8-4/h45-60H,5-44,61-64H2,1-4H3. The second kappa shape index (κ2) is 38.7. The van der Waals surface area contributed by atoms with E-state index in [1.807, 2.05) is 24.3 Å². The number of amides is 4. The van der Waals surface area contributed by atoms with Crippen LogP contribution < -0.4 is 9.80 Å². The summed E-state index contributed by atoms with van der Waals surface area (Å²) in [6.07, 6.45) is 46.5. The summed E-state index contributed by atoms with van der Waals surface area (Å²) in [5, 5.41) is 5.51. The maximum Gasteiger partial charge on any atom is 0.265 e. The number of anilines is 2. The molecule has 9 rings (SSSR count). The molecule has 2 aliphatic heterocycles. The predicted molar refractivity (Wildman–Crippen MR) is 408 cm³/mol. The Labute approximate surface area is 588 Å². The van der Waals surface area contributed by atoms with Crippen molar-refractivity contribution in [1.82, 2.24) is 8.61 Å². The van der Waals surface area contributed by atoms with Crippen molar-refractivity contribution in [2.45, 2.75) is 294 Å². The number of fused-ring (bicyclic) bond motifs is 2. The molecule has 0 aromatic heterocycles. The van der Waals surface area contributed by atoms with Gasteiger partial charge in [0.05, 0.1) is 21.2 Å². The fourth-order valence-corrected chi connectivity index (χ4v) is 18.4. The van der Waals surface area contributed by atoms with Crippen LogP contribution in [-0.2, 0) is 20.0 Å². The highest BCUT2D eigenvalue weighted by Crippen LogP contribution is 2.47. The number of carbonyl (C=O) groups excluding carboxylic acids is 4. The van der Waals surface area contributed by atoms with E-state index in [9.17, 15) is 36.0 Å². The van der Waals surface area contributed by atoms with E-state index in [4.69, 9.17) is 0 Å². The second-order valence-corrected chi connectivity index (χ2v) is 32.4. The molecule has 12 nitrogen and oxygen atoms in total. The van der Waals surface area contributed by atoms with Crippen LogP contribution in [0, 0.1) is 0 Å². The van der Waals surface area contributed by atoms with Gasteiger partial charge in [-0.15, -0.1) is 0 Å². The molecule has 0 bridgehead atoms. The Hall–Kier alpha value is -6.06. The number of rotatable bonds is 50. The molecule has 98 heavy (non-hydrogen) atoms. The Morgan fingerprint density at radius 1 is 0.245 bits per heavy atom. The molecule has 14 heteroatoms. The van der Waals surface area contributed by atoms with Crippen molar-refractivity contribution in [2.75, 3.05) is 36.0 Å². The number of imide groups is 2. The predicted octanol–water partition coefficient (Wildman–Crippen LogP) is 23.0. The van der Waals surface area contributed by atoms with Gasteiger partial charge in [-0.3, -0.25) is 19.2 Å². The Bertz CT molecular complexity index is 3520. The summed E-state index contributed by atoms with van der Waals surface area (Å²) >= 11 is 0. The van der Waals surface area contributed by atoms with E-state index in [1.54, 1.807) is 57.1 Å². The Morgan fingerprint density at radius 3 is 0.643 bits per heavy atom. The van der Waals surface area contributed by atoms with Crippen LogP contribution in [0.1, 0.15) is 326 Å². The topological polar surface area (TPSA) is 150 Å². The largest absolute Gasteiger partial charge is 0.268 e. The highest BCUT2D eigenvalue weighted by molar-refractivity contribution is 7.89. The molecule has 0 spiro atoms. The van der Waals surface area contributed by atoms with E-state index in [0.29, 0.717) is 59.2 Å². The van der Waals surface area contributed by atoms with E-state index >= 15 is 0 Å². The van der Waals surface area contributed by atoms with E-state index in [2.05, 4.69) is 27.7 Å². The molecular weight excluding hydrogens is 1260 g/mol. The lowest BCUT2D eigenvalue weighted by molar-refractivity contribution is 0.0877. The molecule has 7 aromatic carbocycles. The van der Waals surface area contributed by atoms with Crippen molar-refractivity contribution in [1.29, 1.82) is 0 Å². The molecule has 0 aliphatic carbocycles. The molecular formula is C84H116N4O8S2. The molecule has 2 aliphatic rings. The van der Waals surface area contributed by atoms with Gasteiger partial charge in [0.15, 0.2) is 0 Å². The number of benzene rings is 7. The van der Waals surface area contributed by atoms with Gasteiger partial charge >= 0.3 is 0 Å². The van der Waals surface area contributed by atoms with E-state index in [1.165, 1.54) is 204 Å². The van der Waals surface area contributed by atoms with Crippen LogP contribution in [0.2, 0.25) is 0 Å². The molecule has 7 aromatic rings. The van der Waals surface area contributed by atoms with Crippen LogP contribution in [0.5, 0.6) is 0 Å². The Balaban J connectivity index is 0.893. The van der Waals surface area contributed by atoms with Gasteiger partial charge in [-0.2, -0.15) is 8.61 Å². The van der Waals surface area contributed by atoms with Gasteiger partial charge in [-0.1, -0.05) is 283 Å². The highest BCUT2D eigenvalue weighted by Gasteiger charge is 2.39. The van der Waals surface area contributed by atoms with Gasteiger partial charge in [-0.05, 0) is 131 Å². The summed E-state index contributed by atoms with van der Waals surface area (Å²) in [7, 11) is -7.77. The lowest BCUT2D eigenvalue weighted by Gasteiger charge is -2.30. The Morgan fingerprint density at radius 2 is 0.439 bits per heavy atom. The van der Waals surface area contributed by atoms with Crippen LogP contribution in [0.15, 0.2) is 107 Å². The number of hydrogen-bond donors (Lipinski definition) is 0. The quantitative estimate of drug-likeness (QED) is 0.0158. The normalized spacial score (nSPS) is 13.7. The molecule has 0 saturated heterocycles. The average molecular weight is 1370 g/mol. The maximum absolute atomic E-state index is 14.8. The maximum atomic E-state index is 14.8. The number of sulfonamides is 2. The highest BCUT2D eigenvalue weighted by atomic mass is 32.2. The summed E-state index contributed by atoms with van der Waals surface area (Å²) < 4.78 is 61.5. The van der Waals surface area contributed by atoms with Gasteiger partial charge < -0.3 is 0 Å². The minimum absolute atomic E-state index is 0.138. The summed E-state index contributed by atoms with van der Waals surface area (Å²) in [5.74, 6) is -2.08. The zero-order valence-electron chi connectivity index (χ0n) is 60.2. The van der Waals surface area contributed by atoms with Crippen LogP contribution >= 0.6 is 0 Å². The monoisotopic (exact) mass is 1370 g/mol. The van der Waals surface area contributed by atoms with Crippen molar-refractivity contribution in [3.8, 4) is 0 Å². The summed E-state index contributed by atoms with van der Waals surface area (Å²) in [6.45, 7) is 10.8. The molecule has 0 radical (unpaired) electrons. The fourth-order valence-electron chi connectivity index (χ4n) is 15.4. The third kappa shape index (κ3) is 18.9. The van der Waals surface area contributed by atoms with Gasteiger partial charge in [0.2, 0.25) is 20.0 Å². The van der Waals surface area contributed by atoms with Crippen LogP contribution in [0.25, 0.3) is 43.1 Å². The molecule has 532 valence electrons. The van der Waals surface area contributed by atoms with E-state index in [-0.39, 0.29) is 21.2 Å². The van der Waals surface area contributed by atoms with Gasteiger partial charge in [0.1, 0.15) is 0 Å². The van der Waals surface area contributed by atoms with Crippen molar-refractivity contribution >= 4 is 98.1 Å². The third-order valence-electron chi connectivity index (χ3n) is 21.1. The van der Waals surface area contributed by atoms with Gasteiger partial charge in [-0.25, -0.2) is 26.6 Å². The molecule has 0 N–H and O–H groups in total. The fraction of sp³-hybridized carbons (Fsp3) is 0.571. The second-order valence-electron chi connectivity index (χ2n) is 28.6. The first-order chi connectivity index (χ1) is 47.8. The zero-order valence-corrected chi connectivity index (χ0v) is 61.9. The first-order valence-corrected chi connectivity index (χ1v) is 41.9. The summed E-state index contributed by atoms with van der Waals surface area (Å²) in [5.41, 5.74) is 1.89. The summed E-state index contributed by atoms with van der Waals surface area (Å²) in [4.78, 5) is 61.9. The molecule has 0 fully saturated rings. The van der Waals surface area contributed by atoms with Crippen molar-refractivity contribution in [3.05, 3.63) is 119 Å². The number of carbonyl (C=O) groups is 4. The van der Waals surface area contributed by atoms with Crippen molar-refractivity contribution in [3.63, 3.8) is 0 Å². The summed E-state index contributed by atoms with van der Waals surface area (Å²) in [6, 6.07) is 26.9. The van der Waals surface area contributed by atoms with Crippen molar-refractivity contribution < 1.29 is 36.0 Å². The lowest BCUT2D eigenvalue weighted by Crippen LogP contribution is -2.40. The van der Waals surface area contributed by atoms with Crippen LogP contribution in [0.4, 0.5) is 11.4 Å². The Kier molecular flexibility index (Phi) is 30.0. The molecule has 0 saturated carbocycles. The lowest BCUT2D eigenvalue weighted by atomic mass is 9.82. The molecule has 4 amide bonds. The zero-order chi connectivity index (χ0) is 69.3. The SMILES string of the molecule is CCCCCCCCCCCCN(CCCCCCCCCCCC)S(=O)(=O)c1ccc(N2C(=O)c3ccc4c5ccc6c7c(ccc(c8ccc(c3c48)C2=O)c75)C(=O)N(c2ccc(S(=O)(=O)N(CCCCCCCCCCCC)CCCCCCCCCCCC)cc2)C6=O)cc1. The first-order valence-electron chi connectivity index (χ1n) is 39.0. The third-order valence-corrected chi connectivity index (χ3v) is 25.0. The minimum Gasteiger partial charge on any atom is -0.268 e. The molecule has 0 atom stereocenters. The average Bonchev–Trinajstić information content (AvgIpc) is 0.690. The number of unbranched alkanes of at least 4 members (excludes halogenated alkanes) is 36.